The van der Waals surface area contributed by atoms with Crippen molar-refractivity contribution >= 4 is 21.8 Å². The van der Waals surface area contributed by atoms with E-state index in [1.807, 2.05) is 24.3 Å². The van der Waals surface area contributed by atoms with Gasteiger partial charge < -0.3 is 14.8 Å². The fourth-order valence-electron chi connectivity index (χ4n) is 2.74. The molecule has 0 spiro atoms. The maximum atomic E-state index is 11.9. The molecule has 0 radical (unpaired) electrons. The van der Waals surface area contributed by atoms with Crippen LogP contribution in [0.1, 0.15) is 11.1 Å². The highest BCUT2D eigenvalue weighted by Gasteiger charge is 2.10. The molecule has 1 heterocycles. The van der Waals surface area contributed by atoms with Crippen molar-refractivity contribution in [2.45, 2.75) is 13.1 Å². The lowest BCUT2D eigenvalue weighted by atomic mass is 10.1. The second kappa shape index (κ2) is 9.71. The minimum Gasteiger partial charge on any atom is -0.484 e. The third kappa shape index (κ3) is 6.12. The highest BCUT2D eigenvalue weighted by Crippen LogP contribution is 2.17. The van der Waals surface area contributed by atoms with E-state index < -0.39 is 0 Å². The summed E-state index contributed by atoms with van der Waals surface area (Å²) in [6.45, 7) is 5.03. The second-order valence-electron chi connectivity index (χ2n) is 6.23. The lowest BCUT2D eigenvalue weighted by molar-refractivity contribution is -0.123. The number of halogens is 1. The van der Waals surface area contributed by atoms with E-state index in [-0.39, 0.29) is 12.5 Å². The first kappa shape index (κ1) is 18.9. The Morgan fingerprint density at radius 1 is 1.12 bits per heavy atom. The summed E-state index contributed by atoms with van der Waals surface area (Å²) in [5.74, 6) is 0.532. The number of nitrogens with one attached hydrogen (secondary N) is 1. The van der Waals surface area contributed by atoms with Crippen LogP contribution in [-0.2, 0) is 22.6 Å². The molecule has 2 aromatic carbocycles. The zero-order valence-electron chi connectivity index (χ0n) is 14.6. The molecule has 0 aromatic heterocycles. The van der Waals surface area contributed by atoms with Gasteiger partial charge in [0.05, 0.1) is 13.2 Å². The second-order valence-corrected chi connectivity index (χ2v) is 7.14. The predicted molar refractivity (Wildman–Crippen MR) is 104 cm³/mol. The summed E-state index contributed by atoms with van der Waals surface area (Å²) < 4.78 is 11.8. The number of amides is 1. The first-order chi connectivity index (χ1) is 12.7. The summed E-state index contributed by atoms with van der Waals surface area (Å²) in [6.07, 6.45) is 0. The molecule has 138 valence electrons. The van der Waals surface area contributed by atoms with Crippen LogP contribution in [0.15, 0.2) is 53.0 Å². The number of benzene rings is 2. The molecule has 3 rings (SSSR count). The number of ether oxygens (including phenoxy) is 2. The molecule has 0 aliphatic carbocycles. The van der Waals surface area contributed by atoms with Crippen LogP contribution >= 0.6 is 15.9 Å². The largest absolute Gasteiger partial charge is 0.484 e. The van der Waals surface area contributed by atoms with Crippen LogP contribution in [0.25, 0.3) is 0 Å². The van der Waals surface area contributed by atoms with Gasteiger partial charge in [-0.2, -0.15) is 0 Å². The van der Waals surface area contributed by atoms with Crippen LogP contribution in [0.3, 0.4) is 0 Å². The average molecular weight is 419 g/mol. The summed E-state index contributed by atoms with van der Waals surface area (Å²) in [5.41, 5.74) is 2.35. The molecule has 6 heteroatoms. The van der Waals surface area contributed by atoms with Gasteiger partial charge in [0.2, 0.25) is 0 Å². The molecule has 0 bridgehead atoms. The zero-order chi connectivity index (χ0) is 18.2. The van der Waals surface area contributed by atoms with E-state index in [2.05, 4.69) is 50.4 Å². The summed E-state index contributed by atoms with van der Waals surface area (Å²) >= 11 is 3.38. The maximum absolute atomic E-state index is 11.9. The fraction of sp³-hybridized carbons (Fsp3) is 0.350. The number of rotatable bonds is 7. The normalized spacial score (nSPS) is 14.8. The number of hydrogen-bond acceptors (Lipinski definition) is 4. The Morgan fingerprint density at radius 3 is 2.58 bits per heavy atom. The summed E-state index contributed by atoms with van der Waals surface area (Å²) in [6, 6.07) is 15.8. The van der Waals surface area contributed by atoms with Gasteiger partial charge in [-0.1, -0.05) is 46.3 Å². The minimum atomic E-state index is -0.137. The molecule has 0 unspecified atom stereocenters. The van der Waals surface area contributed by atoms with Gasteiger partial charge in [-0.15, -0.1) is 0 Å². The van der Waals surface area contributed by atoms with E-state index in [0.29, 0.717) is 12.3 Å². The summed E-state index contributed by atoms with van der Waals surface area (Å²) in [5, 5.41) is 2.88. The molecule has 5 nitrogen and oxygen atoms in total. The molecule has 0 atom stereocenters. The lowest BCUT2D eigenvalue weighted by Crippen LogP contribution is -2.35. The van der Waals surface area contributed by atoms with Gasteiger partial charge in [-0.05, 0) is 29.3 Å². The minimum absolute atomic E-state index is 0.00552. The van der Waals surface area contributed by atoms with Gasteiger partial charge in [0.15, 0.2) is 6.61 Å². The topological polar surface area (TPSA) is 50.8 Å². The molecular weight excluding hydrogens is 396 g/mol. The molecule has 1 N–H and O–H groups in total. The van der Waals surface area contributed by atoms with Crippen molar-refractivity contribution < 1.29 is 14.3 Å². The highest BCUT2D eigenvalue weighted by atomic mass is 79.9. The number of hydrogen-bond donors (Lipinski definition) is 1. The Morgan fingerprint density at radius 2 is 1.85 bits per heavy atom. The van der Waals surface area contributed by atoms with Crippen LogP contribution in [0.4, 0.5) is 0 Å². The standard InChI is InChI=1S/C20H23BrN2O3/c21-18-2-1-3-19(12-18)26-15-20(24)22-13-16-4-6-17(7-5-16)14-23-8-10-25-11-9-23/h1-7,12H,8-11,13-15H2,(H,22,24). The SMILES string of the molecule is O=C(COc1cccc(Br)c1)NCc1ccc(CN2CCOCC2)cc1. The average Bonchev–Trinajstić information content (AvgIpc) is 2.67. The van der Waals surface area contributed by atoms with E-state index in [1.54, 1.807) is 0 Å². The van der Waals surface area contributed by atoms with Gasteiger partial charge in [-0.25, -0.2) is 0 Å². The third-order valence-corrected chi connectivity index (χ3v) is 4.68. The first-order valence-corrected chi connectivity index (χ1v) is 9.51. The Kier molecular flexibility index (Phi) is 7.05. The van der Waals surface area contributed by atoms with E-state index >= 15 is 0 Å². The van der Waals surface area contributed by atoms with Crippen molar-refractivity contribution in [2.75, 3.05) is 32.9 Å². The molecule has 1 saturated heterocycles. The fourth-order valence-corrected chi connectivity index (χ4v) is 3.12. The van der Waals surface area contributed by atoms with Crippen LogP contribution in [0.5, 0.6) is 5.75 Å². The van der Waals surface area contributed by atoms with E-state index in [4.69, 9.17) is 9.47 Å². The monoisotopic (exact) mass is 418 g/mol. The van der Waals surface area contributed by atoms with Gasteiger partial charge in [-0.3, -0.25) is 9.69 Å². The number of nitrogens with zero attached hydrogens (tertiary/aromatic N) is 1. The van der Waals surface area contributed by atoms with Gasteiger partial charge in [0.1, 0.15) is 5.75 Å². The predicted octanol–water partition coefficient (Wildman–Crippen LogP) is 2.98. The Bertz CT molecular complexity index is 715. The molecule has 1 aliphatic heterocycles. The smallest absolute Gasteiger partial charge is 0.258 e. The molecule has 26 heavy (non-hydrogen) atoms. The summed E-state index contributed by atoms with van der Waals surface area (Å²) in [7, 11) is 0. The van der Waals surface area contributed by atoms with E-state index in [1.165, 1.54) is 5.56 Å². The van der Waals surface area contributed by atoms with Crippen LogP contribution in [0, 0.1) is 0 Å². The number of morpholine rings is 1. The molecule has 1 amide bonds. The first-order valence-electron chi connectivity index (χ1n) is 8.72. The molecule has 0 saturated carbocycles. The Hall–Kier alpha value is -1.89. The van der Waals surface area contributed by atoms with Crippen LogP contribution in [0.2, 0.25) is 0 Å². The molecule has 1 aliphatic rings. The van der Waals surface area contributed by atoms with Crippen LogP contribution in [-0.4, -0.2) is 43.7 Å². The van der Waals surface area contributed by atoms with E-state index in [9.17, 15) is 4.79 Å². The van der Waals surface area contributed by atoms with Crippen molar-refractivity contribution in [1.82, 2.24) is 10.2 Å². The van der Waals surface area contributed by atoms with Crippen molar-refractivity contribution in [2.24, 2.45) is 0 Å². The third-order valence-electron chi connectivity index (χ3n) is 4.19. The Labute approximate surface area is 162 Å². The maximum Gasteiger partial charge on any atom is 0.258 e. The highest BCUT2D eigenvalue weighted by molar-refractivity contribution is 9.10. The summed E-state index contributed by atoms with van der Waals surface area (Å²) in [4.78, 5) is 14.3. The van der Waals surface area contributed by atoms with Crippen molar-refractivity contribution in [1.29, 1.82) is 0 Å². The number of carbonyl (C=O) groups excluding carboxylic acids is 1. The van der Waals surface area contributed by atoms with Gasteiger partial charge >= 0.3 is 0 Å². The lowest BCUT2D eigenvalue weighted by Gasteiger charge is -2.26. The molecule has 1 fully saturated rings. The Balaban J connectivity index is 1.40. The van der Waals surface area contributed by atoms with Gasteiger partial charge in [0.25, 0.3) is 5.91 Å². The van der Waals surface area contributed by atoms with Crippen molar-refractivity contribution in [3.63, 3.8) is 0 Å². The molecule has 2 aromatic rings. The molecular formula is C20H23BrN2O3. The quantitative estimate of drug-likeness (QED) is 0.750. The van der Waals surface area contributed by atoms with Crippen molar-refractivity contribution in [3.05, 3.63) is 64.1 Å². The zero-order valence-corrected chi connectivity index (χ0v) is 16.2. The van der Waals surface area contributed by atoms with Gasteiger partial charge in [0, 0.05) is 30.7 Å². The van der Waals surface area contributed by atoms with Crippen LogP contribution < -0.4 is 10.1 Å². The van der Waals surface area contributed by atoms with E-state index in [0.717, 1.165) is 42.9 Å². The number of carbonyl (C=O) groups is 1. The van der Waals surface area contributed by atoms with Crippen molar-refractivity contribution in [3.8, 4) is 5.75 Å².